The lowest BCUT2D eigenvalue weighted by atomic mass is 10.1. The molecule has 0 aliphatic rings. The van der Waals surface area contributed by atoms with Crippen LogP contribution in [0.1, 0.15) is 52.0 Å². The molecule has 0 amide bonds. The van der Waals surface area contributed by atoms with Gasteiger partial charge in [-0.1, -0.05) is 51.1 Å². The number of aryl methyl sites for hydroxylation is 1. The van der Waals surface area contributed by atoms with Crippen LogP contribution in [-0.4, -0.2) is 23.6 Å². The number of hydrogen-bond donors (Lipinski definition) is 1. The van der Waals surface area contributed by atoms with Crippen LogP contribution in [0.4, 0.5) is 0 Å². The maximum Gasteiger partial charge on any atom is 0.0158 e. The second kappa shape index (κ2) is 11.2. The van der Waals surface area contributed by atoms with Crippen LogP contribution in [0.25, 0.3) is 0 Å². The van der Waals surface area contributed by atoms with Gasteiger partial charge in [-0.3, -0.25) is 0 Å². The predicted molar refractivity (Wildman–Crippen MR) is 93.7 cm³/mol. The number of rotatable bonds is 11. The molecule has 1 rings (SSSR count). The third-order valence-electron chi connectivity index (χ3n) is 3.70. The van der Waals surface area contributed by atoms with Crippen LogP contribution in [-0.2, 0) is 6.42 Å². The van der Waals surface area contributed by atoms with Gasteiger partial charge in [0.05, 0.1) is 0 Å². The molecule has 2 heteroatoms. The van der Waals surface area contributed by atoms with Gasteiger partial charge in [-0.2, -0.15) is 11.8 Å². The summed E-state index contributed by atoms with van der Waals surface area (Å²) in [4.78, 5) is 0. The number of nitrogens with one attached hydrogen (secondary N) is 1. The van der Waals surface area contributed by atoms with Crippen molar-refractivity contribution in [2.45, 2.75) is 64.2 Å². The Labute approximate surface area is 129 Å². The van der Waals surface area contributed by atoms with Crippen molar-refractivity contribution >= 4 is 11.8 Å². The van der Waals surface area contributed by atoms with Crippen molar-refractivity contribution in [2.75, 3.05) is 12.3 Å². The van der Waals surface area contributed by atoms with Crippen molar-refractivity contribution in [1.29, 1.82) is 0 Å². The van der Waals surface area contributed by atoms with Crippen molar-refractivity contribution in [3.05, 3.63) is 35.9 Å². The van der Waals surface area contributed by atoms with E-state index >= 15 is 0 Å². The largest absolute Gasteiger partial charge is 0.313 e. The first kappa shape index (κ1) is 17.6. The Bertz CT molecular complexity index is 325. The summed E-state index contributed by atoms with van der Waals surface area (Å²) in [5.74, 6) is 1.25. The van der Waals surface area contributed by atoms with Crippen LogP contribution in [0.5, 0.6) is 0 Å². The maximum atomic E-state index is 3.71. The Balaban J connectivity index is 2.28. The number of thioether (sulfide) groups is 1. The van der Waals surface area contributed by atoms with Gasteiger partial charge in [0.1, 0.15) is 0 Å². The van der Waals surface area contributed by atoms with E-state index in [1.165, 1.54) is 43.4 Å². The molecule has 1 N–H and O–H groups in total. The Hall–Kier alpha value is -0.470. The predicted octanol–water partition coefficient (Wildman–Crippen LogP) is 4.91. The molecule has 0 aliphatic carbocycles. The van der Waals surface area contributed by atoms with Gasteiger partial charge in [0.15, 0.2) is 0 Å². The molecule has 114 valence electrons. The summed E-state index contributed by atoms with van der Waals surface area (Å²) >= 11 is 2.12. The molecule has 0 aliphatic heterocycles. The molecular formula is C18H31NS. The highest BCUT2D eigenvalue weighted by Gasteiger charge is 2.10. The molecule has 0 bridgehead atoms. The topological polar surface area (TPSA) is 12.0 Å². The summed E-state index contributed by atoms with van der Waals surface area (Å²) in [6, 6.07) is 11.5. The molecule has 1 aromatic rings. The molecule has 20 heavy (non-hydrogen) atoms. The quantitative estimate of drug-likeness (QED) is 0.622. The second-order valence-electron chi connectivity index (χ2n) is 5.58. The van der Waals surface area contributed by atoms with Gasteiger partial charge in [0.25, 0.3) is 0 Å². The third-order valence-corrected chi connectivity index (χ3v) is 5.20. The first-order valence-electron chi connectivity index (χ1n) is 8.15. The summed E-state index contributed by atoms with van der Waals surface area (Å²) in [6.45, 7) is 8.01. The van der Waals surface area contributed by atoms with E-state index in [2.05, 4.69) is 68.2 Å². The van der Waals surface area contributed by atoms with Crippen molar-refractivity contribution in [2.24, 2.45) is 0 Å². The van der Waals surface area contributed by atoms with Gasteiger partial charge in [0, 0.05) is 17.0 Å². The molecule has 0 saturated heterocycles. The zero-order valence-electron chi connectivity index (χ0n) is 13.4. The first-order chi connectivity index (χ1) is 9.76. The highest BCUT2D eigenvalue weighted by atomic mass is 32.2. The molecular weight excluding hydrogens is 262 g/mol. The highest BCUT2D eigenvalue weighted by Crippen LogP contribution is 2.17. The minimum atomic E-state index is 0.678. The van der Waals surface area contributed by atoms with E-state index in [1.54, 1.807) is 0 Å². The fourth-order valence-electron chi connectivity index (χ4n) is 2.19. The lowest BCUT2D eigenvalue weighted by Crippen LogP contribution is -2.32. The van der Waals surface area contributed by atoms with E-state index in [9.17, 15) is 0 Å². The molecule has 0 aromatic heterocycles. The fourth-order valence-corrected chi connectivity index (χ4v) is 3.27. The van der Waals surface area contributed by atoms with Crippen LogP contribution in [0.15, 0.2) is 30.3 Å². The minimum absolute atomic E-state index is 0.678. The van der Waals surface area contributed by atoms with Crippen LogP contribution in [0.3, 0.4) is 0 Å². The summed E-state index contributed by atoms with van der Waals surface area (Å²) in [5.41, 5.74) is 1.47. The Morgan fingerprint density at radius 1 is 1.15 bits per heavy atom. The highest BCUT2D eigenvalue weighted by molar-refractivity contribution is 7.99. The number of hydrogen-bond acceptors (Lipinski definition) is 2. The standard InChI is InChI=1S/C18H31NS/c1-4-14-19-18(15-20-16(3)5-2)13-9-12-17-10-7-6-8-11-17/h6-8,10-11,16,18-19H,4-5,9,12-15H2,1-3H3. The third kappa shape index (κ3) is 7.96. The lowest BCUT2D eigenvalue weighted by molar-refractivity contribution is 0.504. The van der Waals surface area contributed by atoms with Gasteiger partial charge in [-0.15, -0.1) is 0 Å². The van der Waals surface area contributed by atoms with Gasteiger partial charge in [-0.25, -0.2) is 0 Å². The summed E-state index contributed by atoms with van der Waals surface area (Å²) < 4.78 is 0. The Kier molecular flexibility index (Phi) is 9.86. The molecule has 1 aromatic carbocycles. The number of benzene rings is 1. The first-order valence-corrected chi connectivity index (χ1v) is 9.20. The van der Waals surface area contributed by atoms with Crippen molar-refractivity contribution in [3.8, 4) is 0 Å². The average Bonchev–Trinajstić information content (AvgIpc) is 2.50. The van der Waals surface area contributed by atoms with Crippen LogP contribution in [0, 0.1) is 0 Å². The normalized spacial score (nSPS) is 14.2. The SMILES string of the molecule is CCCNC(CCCc1ccccc1)CSC(C)CC. The smallest absolute Gasteiger partial charge is 0.0158 e. The molecule has 2 atom stereocenters. The van der Waals surface area contributed by atoms with Crippen LogP contribution >= 0.6 is 11.8 Å². The van der Waals surface area contributed by atoms with Crippen molar-refractivity contribution in [1.82, 2.24) is 5.32 Å². The molecule has 1 nitrogen and oxygen atoms in total. The van der Waals surface area contributed by atoms with Gasteiger partial charge in [-0.05, 0) is 44.2 Å². The maximum absolute atomic E-state index is 3.71. The van der Waals surface area contributed by atoms with E-state index in [0.29, 0.717) is 6.04 Å². The second-order valence-corrected chi connectivity index (χ2v) is 7.05. The molecule has 0 heterocycles. The summed E-state index contributed by atoms with van der Waals surface area (Å²) in [5, 5.41) is 4.50. The van der Waals surface area contributed by atoms with E-state index in [-0.39, 0.29) is 0 Å². The van der Waals surface area contributed by atoms with E-state index in [4.69, 9.17) is 0 Å². The van der Waals surface area contributed by atoms with E-state index < -0.39 is 0 Å². The van der Waals surface area contributed by atoms with E-state index in [1.807, 2.05) is 0 Å². The molecule has 0 saturated carbocycles. The van der Waals surface area contributed by atoms with Gasteiger partial charge < -0.3 is 5.32 Å². The molecule has 0 spiro atoms. The van der Waals surface area contributed by atoms with Crippen molar-refractivity contribution in [3.63, 3.8) is 0 Å². The molecule has 0 fully saturated rings. The summed E-state index contributed by atoms with van der Waals surface area (Å²) in [7, 11) is 0. The Morgan fingerprint density at radius 2 is 1.90 bits per heavy atom. The minimum Gasteiger partial charge on any atom is -0.313 e. The Morgan fingerprint density at radius 3 is 2.55 bits per heavy atom. The van der Waals surface area contributed by atoms with Crippen LogP contribution < -0.4 is 5.32 Å². The zero-order valence-corrected chi connectivity index (χ0v) is 14.2. The van der Waals surface area contributed by atoms with Crippen molar-refractivity contribution < 1.29 is 0 Å². The summed E-state index contributed by atoms with van der Waals surface area (Å²) in [6.07, 6.45) is 6.28. The van der Waals surface area contributed by atoms with E-state index in [0.717, 1.165) is 11.8 Å². The van der Waals surface area contributed by atoms with Gasteiger partial charge in [0.2, 0.25) is 0 Å². The fraction of sp³-hybridized carbons (Fsp3) is 0.667. The molecule has 0 radical (unpaired) electrons. The van der Waals surface area contributed by atoms with Crippen LogP contribution in [0.2, 0.25) is 0 Å². The average molecular weight is 294 g/mol. The van der Waals surface area contributed by atoms with Gasteiger partial charge >= 0.3 is 0 Å². The molecule has 2 unspecified atom stereocenters. The lowest BCUT2D eigenvalue weighted by Gasteiger charge is -2.20. The zero-order chi connectivity index (χ0) is 14.6. The monoisotopic (exact) mass is 293 g/mol.